The van der Waals surface area contributed by atoms with Crippen molar-refractivity contribution in [1.82, 2.24) is 5.32 Å². The summed E-state index contributed by atoms with van der Waals surface area (Å²) < 4.78 is 0. The van der Waals surface area contributed by atoms with Gasteiger partial charge in [-0.3, -0.25) is 0 Å². The van der Waals surface area contributed by atoms with Gasteiger partial charge in [-0.2, -0.15) is 0 Å². The highest BCUT2D eigenvalue weighted by Crippen LogP contribution is 2.61. The third kappa shape index (κ3) is 1.52. The van der Waals surface area contributed by atoms with E-state index in [-0.39, 0.29) is 0 Å². The summed E-state index contributed by atoms with van der Waals surface area (Å²) in [5.41, 5.74) is 1.15. The number of hydrogen-bond acceptors (Lipinski definition) is 1. The first-order valence-electron chi connectivity index (χ1n) is 5.80. The normalized spacial score (nSPS) is 33.0. The average molecular weight is 181 g/mol. The fourth-order valence-corrected chi connectivity index (χ4v) is 3.08. The van der Waals surface area contributed by atoms with Gasteiger partial charge in [0.25, 0.3) is 0 Å². The van der Waals surface area contributed by atoms with E-state index in [1.807, 2.05) is 0 Å². The molecule has 0 spiro atoms. The van der Waals surface area contributed by atoms with E-state index < -0.39 is 0 Å². The molecule has 1 heterocycles. The van der Waals surface area contributed by atoms with Gasteiger partial charge >= 0.3 is 0 Å². The first-order chi connectivity index (χ1) is 6.06. The second-order valence-corrected chi connectivity index (χ2v) is 5.91. The van der Waals surface area contributed by atoms with Crippen LogP contribution in [0, 0.1) is 10.8 Å². The van der Waals surface area contributed by atoms with E-state index in [1.165, 1.54) is 38.6 Å². The van der Waals surface area contributed by atoms with Crippen molar-refractivity contribution in [2.45, 2.75) is 58.9 Å². The Labute approximate surface area is 82.3 Å². The predicted molar refractivity (Wildman–Crippen MR) is 56.8 cm³/mol. The molecule has 2 fully saturated rings. The van der Waals surface area contributed by atoms with Gasteiger partial charge in [0.1, 0.15) is 0 Å². The summed E-state index contributed by atoms with van der Waals surface area (Å²) in [7, 11) is 0. The maximum absolute atomic E-state index is 3.73. The van der Waals surface area contributed by atoms with E-state index in [4.69, 9.17) is 0 Å². The lowest BCUT2D eigenvalue weighted by Gasteiger charge is -2.40. The van der Waals surface area contributed by atoms with Gasteiger partial charge in [0.15, 0.2) is 0 Å². The molecule has 2 rings (SSSR count). The highest BCUT2D eigenvalue weighted by Gasteiger charge is 2.56. The maximum atomic E-state index is 3.73. The molecule has 1 saturated heterocycles. The van der Waals surface area contributed by atoms with Crippen LogP contribution in [0.4, 0.5) is 0 Å². The molecule has 13 heavy (non-hydrogen) atoms. The highest BCUT2D eigenvalue weighted by atomic mass is 15.0. The van der Waals surface area contributed by atoms with Crippen molar-refractivity contribution in [2.75, 3.05) is 6.54 Å². The third-order valence-electron chi connectivity index (χ3n) is 4.26. The summed E-state index contributed by atoms with van der Waals surface area (Å²) in [5, 5.41) is 3.73. The van der Waals surface area contributed by atoms with Crippen molar-refractivity contribution in [3.05, 3.63) is 0 Å². The number of piperidine rings is 1. The summed E-state index contributed by atoms with van der Waals surface area (Å²) in [5.74, 6) is 0. The number of hydrogen-bond donors (Lipinski definition) is 1. The molecule has 0 radical (unpaired) electrons. The average Bonchev–Trinajstić information content (AvgIpc) is 2.84. The SMILES string of the molecule is CC(C)(C)C1(C2CCCCN2)CC1. The van der Waals surface area contributed by atoms with Crippen LogP contribution >= 0.6 is 0 Å². The van der Waals surface area contributed by atoms with Crippen molar-refractivity contribution in [2.24, 2.45) is 10.8 Å². The van der Waals surface area contributed by atoms with Crippen LogP contribution in [0.1, 0.15) is 52.9 Å². The van der Waals surface area contributed by atoms with E-state index in [0.29, 0.717) is 10.8 Å². The molecule has 1 atom stereocenters. The van der Waals surface area contributed by atoms with E-state index in [1.54, 1.807) is 0 Å². The van der Waals surface area contributed by atoms with Crippen LogP contribution < -0.4 is 5.32 Å². The topological polar surface area (TPSA) is 12.0 Å². The molecule has 1 heteroatoms. The minimum atomic E-state index is 0.502. The van der Waals surface area contributed by atoms with Crippen LogP contribution in [0.15, 0.2) is 0 Å². The molecular formula is C12H23N. The largest absolute Gasteiger partial charge is 0.313 e. The van der Waals surface area contributed by atoms with Gasteiger partial charge < -0.3 is 5.32 Å². The lowest BCUT2D eigenvalue weighted by Crippen LogP contribution is -2.46. The van der Waals surface area contributed by atoms with Crippen LogP contribution in [-0.2, 0) is 0 Å². The van der Waals surface area contributed by atoms with Crippen LogP contribution in [0.2, 0.25) is 0 Å². The van der Waals surface area contributed by atoms with Gasteiger partial charge in [-0.05, 0) is 43.1 Å². The molecular weight excluding hydrogens is 158 g/mol. The van der Waals surface area contributed by atoms with Gasteiger partial charge in [-0.15, -0.1) is 0 Å². The van der Waals surface area contributed by atoms with Crippen LogP contribution in [0.3, 0.4) is 0 Å². The molecule has 0 bridgehead atoms. The second kappa shape index (κ2) is 2.98. The van der Waals surface area contributed by atoms with Crippen molar-refractivity contribution in [3.63, 3.8) is 0 Å². The quantitative estimate of drug-likeness (QED) is 0.656. The summed E-state index contributed by atoms with van der Waals surface area (Å²) >= 11 is 0. The summed E-state index contributed by atoms with van der Waals surface area (Å²) in [6.45, 7) is 8.49. The molecule has 1 aliphatic carbocycles. The van der Waals surface area contributed by atoms with E-state index in [2.05, 4.69) is 26.1 Å². The van der Waals surface area contributed by atoms with Crippen molar-refractivity contribution in [1.29, 1.82) is 0 Å². The van der Waals surface area contributed by atoms with Gasteiger partial charge in [0.05, 0.1) is 0 Å². The molecule has 1 saturated carbocycles. The fourth-order valence-electron chi connectivity index (χ4n) is 3.08. The Morgan fingerprint density at radius 2 is 1.85 bits per heavy atom. The number of rotatable bonds is 1. The molecule has 0 aromatic heterocycles. The molecule has 0 aromatic rings. The van der Waals surface area contributed by atoms with E-state index in [0.717, 1.165) is 6.04 Å². The maximum Gasteiger partial charge on any atom is 0.0128 e. The van der Waals surface area contributed by atoms with Crippen molar-refractivity contribution in [3.8, 4) is 0 Å². The standard InChI is InChI=1S/C12H23N/c1-11(2,3)12(7-8-12)10-6-4-5-9-13-10/h10,13H,4-9H2,1-3H3. The molecule has 2 aliphatic rings. The lowest BCUT2D eigenvalue weighted by molar-refractivity contribution is 0.132. The van der Waals surface area contributed by atoms with Crippen molar-refractivity contribution >= 4 is 0 Å². The van der Waals surface area contributed by atoms with Gasteiger partial charge in [0, 0.05) is 6.04 Å². The summed E-state index contributed by atoms with van der Waals surface area (Å²) in [4.78, 5) is 0. The second-order valence-electron chi connectivity index (χ2n) is 5.91. The third-order valence-corrected chi connectivity index (χ3v) is 4.26. The minimum Gasteiger partial charge on any atom is -0.313 e. The van der Waals surface area contributed by atoms with Crippen LogP contribution in [0.25, 0.3) is 0 Å². The summed E-state index contributed by atoms with van der Waals surface area (Å²) in [6, 6.07) is 0.821. The van der Waals surface area contributed by atoms with Gasteiger partial charge in [-0.25, -0.2) is 0 Å². The molecule has 1 nitrogen and oxygen atoms in total. The molecule has 1 aliphatic heterocycles. The van der Waals surface area contributed by atoms with Crippen LogP contribution in [-0.4, -0.2) is 12.6 Å². The molecule has 0 amide bonds. The molecule has 0 aromatic carbocycles. The zero-order valence-corrected chi connectivity index (χ0v) is 9.32. The first kappa shape index (κ1) is 9.51. The Bertz CT molecular complexity index is 180. The monoisotopic (exact) mass is 181 g/mol. The number of nitrogens with one attached hydrogen (secondary N) is 1. The Hall–Kier alpha value is -0.0400. The lowest BCUT2D eigenvalue weighted by atomic mass is 9.71. The van der Waals surface area contributed by atoms with E-state index >= 15 is 0 Å². The van der Waals surface area contributed by atoms with E-state index in [9.17, 15) is 0 Å². The molecule has 76 valence electrons. The smallest absolute Gasteiger partial charge is 0.0128 e. The first-order valence-corrected chi connectivity index (χ1v) is 5.80. The summed E-state index contributed by atoms with van der Waals surface area (Å²) in [6.07, 6.45) is 7.14. The Morgan fingerprint density at radius 3 is 2.23 bits per heavy atom. The zero-order valence-electron chi connectivity index (χ0n) is 9.32. The Kier molecular flexibility index (Phi) is 2.18. The highest BCUT2D eigenvalue weighted by molar-refractivity contribution is 5.09. The predicted octanol–water partition coefficient (Wildman–Crippen LogP) is 2.95. The Balaban J connectivity index is 2.06. The van der Waals surface area contributed by atoms with Crippen LogP contribution in [0.5, 0.6) is 0 Å². The fraction of sp³-hybridized carbons (Fsp3) is 1.00. The minimum absolute atomic E-state index is 0.502. The van der Waals surface area contributed by atoms with Gasteiger partial charge in [0.2, 0.25) is 0 Å². The molecule has 1 N–H and O–H groups in total. The molecule has 1 unspecified atom stereocenters. The van der Waals surface area contributed by atoms with Crippen molar-refractivity contribution < 1.29 is 0 Å². The zero-order chi connectivity index (χ0) is 9.53. The van der Waals surface area contributed by atoms with Gasteiger partial charge in [-0.1, -0.05) is 27.2 Å². The Morgan fingerprint density at radius 1 is 1.15 bits per heavy atom.